The van der Waals surface area contributed by atoms with Crippen LogP contribution in [0.3, 0.4) is 0 Å². The first kappa shape index (κ1) is 13.0. The first-order chi connectivity index (χ1) is 7.31. The Balaban J connectivity index is 0.00000128. The number of rotatable bonds is 2. The number of hydrogen-bond donors (Lipinski definition) is 1. The number of carbonyl (C=O) groups is 1. The van der Waals surface area contributed by atoms with Gasteiger partial charge in [-0.1, -0.05) is 12.1 Å². The van der Waals surface area contributed by atoms with E-state index < -0.39 is 0 Å². The van der Waals surface area contributed by atoms with E-state index in [4.69, 9.17) is 0 Å². The Kier molecular flexibility index (Phi) is 4.77. The molecule has 1 atom stereocenters. The van der Waals surface area contributed by atoms with Crippen molar-refractivity contribution in [1.29, 1.82) is 0 Å². The van der Waals surface area contributed by atoms with E-state index in [9.17, 15) is 4.79 Å². The van der Waals surface area contributed by atoms with E-state index in [-0.39, 0.29) is 18.4 Å². The monoisotopic (exact) mass is 241 g/mol. The van der Waals surface area contributed by atoms with Crippen LogP contribution in [0.1, 0.15) is 28.3 Å². The number of esters is 1. The lowest BCUT2D eigenvalue weighted by molar-refractivity contribution is 0.0600. The van der Waals surface area contributed by atoms with Gasteiger partial charge in [-0.2, -0.15) is 0 Å². The predicted molar refractivity (Wildman–Crippen MR) is 65.3 cm³/mol. The topological polar surface area (TPSA) is 38.3 Å². The average Bonchev–Trinajstić information content (AvgIpc) is 2.82. The second-order valence-corrected chi connectivity index (χ2v) is 3.80. The van der Waals surface area contributed by atoms with E-state index in [1.54, 1.807) is 0 Å². The normalized spacial score (nSPS) is 18.9. The second-order valence-electron chi connectivity index (χ2n) is 3.80. The maximum Gasteiger partial charge on any atom is 0.337 e. The van der Waals surface area contributed by atoms with Crippen molar-refractivity contribution in [3.63, 3.8) is 0 Å². The fourth-order valence-electron chi connectivity index (χ4n) is 1.95. The fraction of sp³-hybridized carbons (Fsp3) is 0.417. The van der Waals surface area contributed by atoms with Gasteiger partial charge in [-0.25, -0.2) is 4.79 Å². The van der Waals surface area contributed by atoms with Crippen molar-refractivity contribution < 1.29 is 9.53 Å². The highest BCUT2D eigenvalue weighted by Gasteiger charge is 2.16. The van der Waals surface area contributed by atoms with E-state index in [0.29, 0.717) is 11.5 Å². The van der Waals surface area contributed by atoms with Crippen molar-refractivity contribution in [1.82, 2.24) is 5.32 Å². The van der Waals surface area contributed by atoms with Gasteiger partial charge < -0.3 is 10.1 Å². The number of nitrogens with one attached hydrogen (secondary N) is 1. The third-order valence-electron chi connectivity index (χ3n) is 2.86. The highest BCUT2D eigenvalue weighted by molar-refractivity contribution is 5.89. The quantitative estimate of drug-likeness (QED) is 0.805. The lowest BCUT2D eigenvalue weighted by atomic mass is 9.97. The molecule has 1 fully saturated rings. The van der Waals surface area contributed by atoms with Crippen LogP contribution in [-0.2, 0) is 4.74 Å². The van der Waals surface area contributed by atoms with Gasteiger partial charge >= 0.3 is 5.97 Å². The van der Waals surface area contributed by atoms with Crippen molar-refractivity contribution in [3.8, 4) is 0 Å². The van der Waals surface area contributed by atoms with Crippen LogP contribution in [0.15, 0.2) is 24.3 Å². The van der Waals surface area contributed by atoms with Crippen LogP contribution in [0.2, 0.25) is 0 Å². The van der Waals surface area contributed by atoms with Crippen molar-refractivity contribution in [2.45, 2.75) is 12.3 Å². The van der Waals surface area contributed by atoms with Crippen molar-refractivity contribution in [2.75, 3.05) is 20.2 Å². The van der Waals surface area contributed by atoms with Gasteiger partial charge in [0.2, 0.25) is 0 Å². The minimum absolute atomic E-state index is 0. The molecule has 1 aliphatic rings. The predicted octanol–water partition coefficient (Wildman–Crippen LogP) is 1.97. The van der Waals surface area contributed by atoms with E-state index >= 15 is 0 Å². The number of ether oxygens (including phenoxy) is 1. The minimum atomic E-state index is -0.272. The van der Waals surface area contributed by atoms with Gasteiger partial charge in [0, 0.05) is 6.54 Å². The molecule has 0 spiro atoms. The maximum absolute atomic E-state index is 11.2. The molecule has 1 N–H and O–H groups in total. The summed E-state index contributed by atoms with van der Waals surface area (Å²) in [4.78, 5) is 11.2. The molecule has 0 aromatic heterocycles. The molecule has 0 radical (unpaired) electrons. The van der Waals surface area contributed by atoms with Crippen molar-refractivity contribution >= 4 is 18.4 Å². The Morgan fingerprint density at radius 3 is 2.56 bits per heavy atom. The van der Waals surface area contributed by atoms with Crippen molar-refractivity contribution in [3.05, 3.63) is 35.4 Å². The number of hydrogen-bond acceptors (Lipinski definition) is 3. The standard InChI is InChI=1S/C12H15NO2.ClH/c1-15-12(14)10-4-2-9(3-5-10)11-6-7-13-8-11;/h2-5,11,13H,6-8H2,1H3;1H/t11-;/m1./s1. The van der Waals surface area contributed by atoms with Gasteiger partial charge in [0.1, 0.15) is 0 Å². The first-order valence-corrected chi connectivity index (χ1v) is 5.20. The van der Waals surface area contributed by atoms with Crippen LogP contribution in [0.4, 0.5) is 0 Å². The van der Waals surface area contributed by atoms with Gasteiger partial charge in [0.25, 0.3) is 0 Å². The van der Waals surface area contributed by atoms with Crippen LogP contribution in [-0.4, -0.2) is 26.2 Å². The molecule has 1 heterocycles. The van der Waals surface area contributed by atoms with Crippen LogP contribution in [0.5, 0.6) is 0 Å². The van der Waals surface area contributed by atoms with Gasteiger partial charge in [-0.3, -0.25) is 0 Å². The van der Waals surface area contributed by atoms with Crippen LogP contribution in [0, 0.1) is 0 Å². The molecule has 0 aliphatic carbocycles. The third-order valence-corrected chi connectivity index (χ3v) is 2.86. The number of benzene rings is 1. The molecule has 4 heteroatoms. The molecule has 16 heavy (non-hydrogen) atoms. The van der Waals surface area contributed by atoms with Crippen LogP contribution in [0.25, 0.3) is 0 Å². The molecule has 0 amide bonds. The fourth-order valence-corrected chi connectivity index (χ4v) is 1.95. The maximum atomic E-state index is 11.2. The van der Waals surface area contributed by atoms with E-state index in [1.807, 2.05) is 24.3 Å². The third kappa shape index (κ3) is 2.74. The van der Waals surface area contributed by atoms with E-state index in [0.717, 1.165) is 13.1 Å². The summed E-state index contributed by atoms with van der Waals surface area (Å²) < 4.78 is 4.65. The summed E-state index contributed by atoms with van der Waals surface area (Å²) in [5, 5.41) is 3.33. The molecule has 88 valence electrons. The molecule has 1 aromatic rings. The summed E-state index contributed by atoms with van der Waals surface area (Å²) in [6.45, 7) is 2.13. The molecule has 3 nitrogen and oxygen atoms in total. The van der Waals surface area contributed by atoms with Crippen LogP contribution >= 0.6 is 12.4 Å². The second kappa shape index (κ2) is 5.87. The van der Waals surface area contributed by atoms with Gasteiger partial charge in [-0.05, 0) is 36.6 Å². The largest absolute Gasteiger partial charge is 0.465 e. The first-order valence-electron chi connectivity index (χ1n) is 5.20. The van der Waals surface area contributed by atoms with Crippen LogP contribution < -0.4 is 5.32 Å². The Morgan fingerprint density at radius 2 is 2.06 bits per heavy atom. The molecule has 2 rings (SSSR count). The number of methoxy groups -OCH3 is 1. The van der Waals surface area contributed by atoms with Crippen molar-refractivity contribution in [2.24, 2.45) is 0 Å². The zero-order valence-electron chi connectivity index (χ0n) is 9.23. The molecule has 1 aliphatic heterocycles. The lowest BCUT2D eigenvalue weighted by Crippen LogP contribution is -2.08. The Bertz CT molecular complexity index is 345. The zero-order chi connectivity index (χ0) is 10.7. The summed E-state index contributed by atoms with van der Waals surface area (Å²) >= 11 is 0. The minimum Gasteiger partial charge on any atom is -0.465 e. The Labute approximate surface area is 102 Å². The summed E-state index contributed by atoms with van der Waals surface area (Å²) in [6, 6.07) is 7.70. The highest BCUT2D eigenvalue weighted by atomic mass is 35.5. The van der Waals surface area contributed by atoms with Gasteiger partial charge in [-0.15, -0.1) is 12.4 Å². The SMILES string of the molecule is COC(=O)c1ccc([C@@H]2CCNC2)cc1.Cl. The lowest BCUT2D eigenvalue weighted by Gasteiger charge is -2.08. The number of halogens is 1. The molecular weight excluding hydrogens is 226 g/mol. The Morgan fingerprint density at radius 1 is 1.38 bits per heavy atom. The molecule has 1 aromatic carbocycles. The summed E-state index contributed by atoms with van der Waals surface area (Å²) in [5.74, 6) is 0.322. The molecular formula is C12H16ClNO2. The molecule has 0 bridgehead atoms. The Hall–Kier alpha value is -1.06. The smallest absolute Gasteiger partial charge is 0.337 e. The van der Waals surface area contributed by atoms with Gasteiger partial charge in [0.05, 0.1) is 12.7 Å². The van der Waals surface area contributed by atoms with Gasteiger partial charge in [0.15, 0.2) is 0 Å². The number of carbonyl (C=O) groups excluding carboxylic acids is 1. The zero-order valence-corrected chi connectivity index (χ0v) is 10.0. The molecule has 1 saturated heterocycles. The highest BCUT2D eigenvalue weighted by Crippen LogP contribution is 2.22. The molecule has 0 saturated carbocycles. The molecule has 0 unspecified atom stereocenters. The summed E-state index contributed by atoms with van der Waals surface area (Å²) in [7, 11) is 1.40. The van der Waals surface area contributed by atoms with E-state index in [1.165, 1.54) is 19.1 Å². The van der Waals surface area contributed by atoms with E-state index in [2.05, 4.69) is 10.1 Å². The summed E-state index contributed by atoms with van der Waals surface area (Å²) in [6.07, 6.45) is 1.18. The summed E-state index contributed by atoms with van der Waals surface area (Å²) in [5.41, 5.74) is 1.92. The average molecular weight is 242 g/mol.